The van der Waals surface area contributed by atoms with Crippen molar-refractivity contribution in [3.05, 3.63) is 27.3 Å². The van der Waals surface area contributed by atoms with Crippen molar-refractivity contribution in [3.8, 4) is 0 Å². The molecule has 18 heavy (non-hydrogen) atoms. The maximum absolute atomic E-state index is 5.81. The Morgan fingerprint density at radius 2 is 2.17 bits per heavy atom. The van der Waals surface area contributed by atoms with Gasteiger partial charge in [-0.1, -0.05) is 0 Å². The van der Waals surface area contributed by atoms with Crippen LogP contribution in [0.4, 0.5) is 5.69 Å². The molecular formula is C14H21IN2O. The summed E-state index contributed by atoms with van der Waals surface area (Å²) in [5.41, 5.74) is 7.90. The van der Waals surface area contributed by atoms with Crippen molar-refractivity contribution in [2.75, 3.05) is 25.5 Å². The van der Waals surface area contributed by atoms with Crippen molar-refractivity contribution < 1.29 is 4.74 Å². The fourth-order valence-electron chi connectivity index (χ4n) is 1.84. The van der Waals surface area contributed by atoms with Gasteiger partial charge < -0.3 is 15.8 Å². The first-order chi connectivity index (χ1) is 8.74. The smallest absolute Gasteiger partial charge is 0.0494 e. The summed E-state index contributed by atoms with van der Waals surface area (Å²) >= 11 is 2.29. The van der Waals surface area contributed by atoms with Crippen LogP contribution in [0.3, 0.4) is 0 Å². The van der Waals surface area contributed by atoms with Crippen molar-refractivity contribution in [1.82, 2.24) is 5.32 Å². The highest BCUT2D eigenvalue weighted by Gasteiger charge is 2.20. The highest BCUT2D eigenvalue weighted by Crippen LogP contribution is 2.28. The Balaban J connectivity index is 1.53. The molecule has 1 aliphatic rings. The van der Waals surface area contributed by atoms with E-state index in [-0.39, 0.29) is 0 Å². The molecule has 0 heterocycles. The zero-order chi connectivity index (χ0) is 12.8. The molecule has 1 aliphatic carbocycles. The van der Waals surface area contributed by atoms with Crippen LogP contribution in [0.1, 0.15) is 24.8 Å². The van der Waals surface area contributed by atoms with Crippen molar-refractivity contribution in [2.24, 2.45) is 5.92 Å². The number of ether oxygens (including phenoxy) is 1. The van der Waals surface area contributed by atoms with E-state index in [2.05, 4.69) is 34.0 Å². The van der Waals surface area contributed by atoms with Crippen LogP contribution in [0, 0.1) is 9.49 Å². The third kappa shape index (κ3) is 5.54. The Kier molecular flexibility index (Phi) is 5.72. The summed E-state index contributed by atoms with van der Waals surface area (Å²) in [5.74, 6) is 0.868. The monoisotopic (exact) mass is 360 g/mol. The Morgan fingerprint density at radius 3 is 2.89 bits per heavy atom. The summed E-state index contributed by atoms with van der Waals surface area (Å²) in [5, 5.41) is 3.42. The molecule has 0 spiro atoms. The van der Waals surface area contributed by atoms with E-state index in [1.54, 1.807) is 0 Å². The van der Waals surface area contributed by atoms with Crippen LogP contribution in [-0.2, 0) is 11.3 Å². The number of nitrogens with one attached hydrogen (secondary N) is 1. The minimum Gasteiger partial charge on any atom is -0.399 e. The first kappa shape index (κ1) is 14.1. The first-order valence-electron chi connectivity index (χ1n) is 6.57. The van der Waals surface area contributed by atoms with E-state index in [0.29, 0.717) is 0 Å². The molecule has 0 bridgehead atoms. The second-order valence-corrected chi connectivity index (χ2v) is 6.19. The normalized spacial score (nSPS) is 14.9. The summed E-state index contributed by atoms with van der Waals surface area (Å²) < 4.78 is 6.78. The van der Waals surface area contributed by atoms with Crippen LogP contribution in [-0.4, -0.2) is 19.8 Å². The molecule has 1 aromatic rings. The lowest BCUT2D eigenvalue weighted by molar-refractivity contribution is 0.122. The largest absolute Gasteiger partial charge is 0.399 e. The van der Waals surface area contributed by atoms with Gasteiger partial charge in [0.2, 0.25) is 0 Å². The third-order valence-electron chi connectivity index (χ3n) is 3.00. The molecule has 0 unspecified atom stereocenters. The molecule has 4 heteroatoms. The second-order valence-electron chi connectivity index (χ2n) is 4.94. The van der Waals surface area contributed by atoms with Crippen LogP contribution in [0.15, 0.2) is 18.2 Å². The Bertz CT molecular complexity index is 360. The fraction of sp³-hybridized carbons (Fsp3) is 0.571. The maximum Gasteiger partial charge on any atom is 0.0494 e. The number of nitrogen functional groups attached to an aromatic ring is 1. The molecular weight excluding hydrogens is 339 g/mol. The van der Waals surface area contributed by atoms with Gasteiger partial charge in [0.05, 0.1) is 0 Å². The van der Waals surface area contributed by atoms with Gasteiger partial charge >= 0.3 is 0 Å². The predicted octanol–water partition coefficient (Wildman–Crippen LogP) is 2.78. The molecule has 1 aromatic carbocycles. The number of rotatable bonds is 8. The van der Waals surface area contributed by atoms with Gasteiger partial charge in [-0.05, 0) is 78.1 Å². The summed E-state index contributed by atoms with van der Waals surface area (Å²) in [6.45, 7) is 3.71. The van der Waals surface area contributed by atoms with Crippen molar-refractivity contribution in [1.29, 1.82) is 0 Å². The van der Waals surface area contributed by atoms with Gasteiger partial charge in [0.25, 0.3) is 0 Å². The molecule has 2 rings (SSSR count). The standard InChI is InChI=1S/C14H21IN2O/c15-13-6-12(7-14(16)8-13)9-17-4-1-5-18-10-11-2-3-11/h6-8,11,17H,1-5,9-10,16H2. The molecule has 3 nitrogen and oxygen atoms in total. The molecule has 3 N–H and O–H groups in total. The first-order valence-corrected chi connectivity index (χ1v) is 7.65. The number of hydrogen-bond donors (Lipinski definition) is 2. The van der Waals surface area contributed by atoms with Crippen molar-refractivity contribution in [2.45, 2.75) is 25.8 Å². The van der Waals surface area contributed by atoms with Crippen LogP contribution >= 0.6 is 22.6 Å². The van der Waals surface area contributed by atoms with Gasteiger partial charge in [-0.25, -0.2) is 0 Å². The van der Waals surface area contributed by atoms with Gasteiger partial charge in [-0.3, -0.25) is 0 Å². The van der Waals surface area contributed by atoms with Gasteiger partial charge in [0, 0.05) is 29.0 Å². The Morgan fingerprint density at radius 1 is 1.33 bits per heavy atom. The quantitative estimate of drug-likeness (QED) is 0.426. The number of nitrogens with two attached hydrogens (primary N) is 1. The molecule has 0 aliphatic heterocycles. The third-order valence-corrected chi connectivity index (χ3v) is 3.62. The summed E-state index contributed by atoms with van der Waals surface area (Å²) in [7, 11) is 0. The minimum atomic E-state index is 0.839. The summed E-state index contributed by atoms with van der Waals surface area (Å²) in [6.07, 6.45) is 3.81. The minimum absolute atomic E-state index is 0.839. The number of anilines is 1. The zero-order valence-electron chi connectivity index (χ0n) is 10.6. The predicted molar refractivity (Wildman–Crippen MR) is 83.4 cm³/mol. The van der Waals surface area contributed by atoms with E-state index in [4.69, 9.17) is 10.5 Å². The van der Waals surface area contributed by atoms with Crippen LogP contribution < -0.4 is 11.1 Å². The van der Waals surface area contributed by atoms with E-state index in [9.17, 15) is 0 Å². The lowest BCUT2D eigenvalue weighted by Crippen LogP contribution is -2.16. The Labute approximate surface area is 123 Å². The number of hydrogen-bond acceptors (Lipinski definition) is 3. The van der Waals surface area contributed by atoms with Crippen molar-refractivity contribution in [3.63, 3.8) is 0 Å². The van der Waals surface area contributed by atoms with E-state index >= 15 is 0 Å². The van der Waals surface area contributed by atoms with E-state index in [1.165, 1.54) is 22.0 Å². The van der Waals surface area contributed by atoms with Crippen LogP contribution in [0.5, 0.6) is 0 Å². The molecule has 0 amide bonds. The van der Waals surface area contributed by atoms with Crippen LogP contribution in [0.2, 0.25) is 0 Å². The van der Waals surface area contributed by atoms with E-state index < -0.39 is 0 Å². The fourth-order valence-corrected chi connectivity index (χ4v) is 2.60. The zero-order valence-corrected chi connectivity index (χ0v) is 12.8. The lowest BCUT2D eigenvalue weighted by Gasteiger charge is -2.07. The molecule has 0 radical (unpaired) electrons. The van der Waals surface area contributed by atoms with Gasteiger partial charge in [-0.2, -0.15) is 0 Å². The average Bonchev–Trinajstić information content (AvgIpc) is 3.10. The van der Waals surface area contributed by atoms with Gasteiger partial charge in [0.1, 0.15) is 0 Å². The maximum atomic E-state index is 5.81. The van der Waals surface area contributed by atoms with E-state index in [0.717, 1.165) is 44.3 Å². The molecule has 100 valence electrons. The van der Waals surface area contributed by atoms with E-state index in [1.807, 2.05) is 12.1 Å². The number of benzene rings is 1. The Hall–Kier alpha value is -0.330. The van der Waals surface area contributed by atoms with Gasteiger partial charge in [-0.15, -0.1) is 0 Å². The topological polar surface area (TPSA) is 47.3 Å². The van der Waals surface area contributed by atoms with Crippen molar-refractivity contribution >= 4 is 28.3 Å². The molecule has 1 saturated carbocycles. The lowest BCUT2D eigenvalue weighted by atomic mass is 10.2. The summed E-state index contributed by atoms with van der Waals surface area (Å²) in [6, 6.07) is 6.17. The summed E-state index contributed by atoms with van der Waals surface area (Å²) in [4.78, 5) is 0. The highest BCUT2D eigenvalue weighted by atomic mass is 127. The average molecular weight is 360 g/mol. The molecule has 0 saturated heterocycles. The second kappa shape index (κ2) is 7.31. The highest BCUT2D eigenvalue weighted by molar-refractivity contribution is 14.1. The van der Waals surface area contributed by atoms with Gasteiger partial charge in [0.15, 0.2) is 0 Å². The van der Waals surface area contributed by atoms with Crippen LogP contribution in [0.25, 0.3) is 0 Å². The molecule has 0 atom stereocenters. The molecule has 0 aromatic heterocycles. The number of halogens is 1. The SMILES string of the molecule is Nc1cc(I)cc(CNCCCOCC2CC2)c1. The molecule has 1 fully saturated rings.